The molecule has 1 heteroatoms. The van der Waals surface area contributed by atoms with E-state index in [1.165, 1.54) is 37.1 Å². The van der Waals surface area contributed by atoms with Crippen LogP contribution in [0.5, 0.6) is 0 Å². The van der Waals surface area contributed by atoms with Crippen LogP contribution >= 0.6 is 0 Å². The normalized spacial score (nSPS) is 16.1. The second-order valence-corrected chi connectivity index (χ2v) is 6.63. The summed E-state index contributed by atoms with van der Waals surface area (Å²) in [5, 5.41) is 0. The molecule has 94 valence electrons. The molecular weight excluding hydrogens is 206 g/mol. The van der Waals surface area contributed by atoms with Crippen molar-refractivity contribution < 1.29 is 0 Å². The Balaban J connectivity index is 2.56. The summed E-state index contributed by atoms with van der Waals surface area (Å²) in [4.78, 5) is 4.93. The first kappa shape index (κ1) is 12.6. The highest BCUT2D eigenvalue weighted by molar-refractivity contribution is 5.38. The number of aromatic nitrogens is 1. The molecule has 1 nitrogen and oxygen atoms in total. The highest BCUT2D eigenvalue weighted by Gasteiger charge is 2.22. The van der Waals surface area contributed by atoms with Gasteiger partial charge in [0.15, 0.2) is 0 Å². The Morgan fingerprint density at radius 2 is 1.76 bits per heavy atom. The van der Waals surface area contributed by atoms with Gasteiger partial charge in [0.1, 0.15) is 0 Å². The third-order valence-corrected chi connectivity index (χ3v) is 3.73. The first-order valence-electron chi connectivity index (χ1n) is 6.93. The van der Waals surface area contributed by atoms with E-state index >= 15 is 0 Å². The Morgan fingerprint density at radius 1 is 1.12 bits per heavy atom. The Kier molecular flexibility index (Phi) is 3.29. The summed E-state index contributed by atoms with van der Waals surface area (Å²) in [5.41, 5.74) is 5.91. The van der Waals surface area contributed by atoms with Crippen molar-refractivity contribution in [3.8, 4) is 0 Å². The van der Waals surface area contributed by atoms with E-state index < -0.39 is 0 Å². The summed E-state index contributed by atoms with van der Waals surface area (Å²) in [6.45, 7) is 11.4. The monoisotopic (exact) mass is 231 g/mol. The Hall–Kier alpha value is -0.850. The van der Waals surface area contributed by atoms with Gasteiger partial charge in [0.2, 0.25) is 0 Å². The quantitative estimate of drug-likeness (QED) is 0.699. The van der Waals surface area contributed by atoms with Gasteiger partial charge in [0.25, 0.3) is 0 Å². The maximum atomic E-state index is 4.93. The van der Waals surface area contributed by atoms with Gasteiger partial charge in [-0.25, -0.2) is 0 Å². The zero-order chi connectivity index (χ0) is 12.6. The molecule has 1 aromatic heterocycles. The lowest BCUT2D eigenvalue weighted by atomic mass is 9.83. The number of hydrogen-bond donors (Lipinski definition) is 0. The molecular formula is C16H25N. The van der Waals surface area contributed by atoms with Gasteiger partial charge in [-0.15, -0.1) is 0 Å². The minimum Gasteiger partial charge on any atom is -0.257 e. The summed E-state index contributed by atoms with van der Waals surface area (Å²) < 4.78 is 0. The van der Waals surface area contributed by atoms with Gasteiger partial charge in [0, 0.05) is 16.8 Å². The number of rotatable bonds is 1. The smallest absolute Gasteiger partial charge is 0.0463 e. The fourth-order valence-electron chi connectivity index (χ4n) is 2.64. The minimum atomic E-state index is 0.163. The summed E-state index contributed by atoms with van der Waals surface area (Å²) >= 11 is 0. The van der Waals surface area contributed by atoms with Gasteiger partial charge < -0.3 is 0 Å². The van der Waals surface area contributed by atoms with Crippen LogP contribution in [0.1, 0.15) is 75.9 Å². The topological polar surface area (TPSA) is 12.9 Å². The van der Waals surface area contributed by atoms with Crippen molar-refractivity contribution in [2.24, 2.45) is 0 Å². The van der Waals surface area contributed by atoms with Crippen molar-refractivity contribution in [2.75, 3.05) is 0 Å². The van der Waals surface area contributed by atoms with Crippen LogP contribution in [0.4, 0.5) is 0 Å². The van der Waals surface area contributed by atoms with Crippen LogP contribution in [-0.2, 0) is 18.3 Å². The molecule has 0 spiro atoms. The van der Waals surface area contributed by atoms with Crippen LogP contribution < -0.4 is 0 Å². The standard InChI is InChI=1S/C16H25N/c1-11(2)13-10-15(16(3,4)5)17-14-9-7-6-8-12(13)14/h10-11H,6-9H2,1-5H3. The van der Waals surface area contributed by atoms with Crippen LogP contribution in [0, 0.1) is 0 Å². The molecule has 17 heavy (non-hydrogen) atoms. The van der Waals surface area contributed by atoms with E-state index in [1.54, 1.807) is 11.1 Å². The van der Waals surface area contributed by atoms with Gasteiger partial charge in [-0.3, -0.25) is 4.98 Å². The number of aryl methyl sites for hydroxylation is 1. The molecule has 0 amide bonds. The molecule has 0 saturated heterocycles. The average Bonchev–Trinajstić information content (AvgIpc) is 2.26. The molecule has 0 bridgehead atoms. The molecule has 0 aromatic carbocycles. The van der Waals surface area contributed by atoms with E-state index in [9.17, 15) is 0 Å². The predicted molar refractivity (Wildman–Crippen MR) is 73.7 cm³/mol. The lowest BCUT2D eigenvalue weighted by Crippen LogP contribution is -2.19. The summed E-state index contributed by atoms with van der Waals surface area (Å²) in [6, 6.07) is 2.36. The van der Waals surface area contributed by atoms with E-state index in [2.05, 4.69) is 40.7 Å². The highest BCUT2D eigenvalue weighted by Crippen LogP contribution is 2.32. The van der Waals surface area contributed by atoms with Crippen LogP contribution in [0.25, 0.3) is 0 Å². The van der Waals surface area contributed by atoms with E-state index in [0.717, 1.165) is 0 Å². The van der Waals surface area contributed by atoms with Crippen LogP contribution in [0.3, 0.4) is 0 Å². The Bertz CT molecular complexity index is 410. The van der Waals surface area contributed by atoms with Crippen molar-refractivity contribution in [1.82, 2.24) is 4.98 Å². The third-order valence-electron chi connectivity index (χ3n) is 3.73. The maximum absolute atomic E-state index is 4.93. The number of pyridine rings is 1. The molecule has 1 heterocycles. The van der Waals surface area contributed by atoms with E-state index in [4.69, 9.17) is 4.98 Å². The molecule has 0 atom stereocenters. The maximum Gasteiger partial charge on any atom is 0.0463 e. The van der Waals surface area contributed by atoms with Crippen LogP contribution in [0.2, 0.25) is 0 Å². The second-order valence-electron chi connectivity index (χ2n) is 6.63. The van der Waals surface area contributed by atoms with Crippen LogP contribution in [-0.4, -0.2) is 4.98 Å². The number of hydrogen-bond acceptors (Lipinski definition) is 1. The highest BCUT2D eigenvalue weighted by atomic mass is 14.7. The number of fused-ring (bicyclic) bond motifs is 1. The Morgan fingerprint density at radius 3 is 2.35 bits per heavy atom. The van der Waals surface area contributed by atoms with Gasteiger partial charge in [-0.2, -0.15) is 0 Å². The summed E-state index contributed by atoms with van der Waals surface area (Å²) in [5.74, 6) is 0.617. The molecule has 0 fully saturated rings. The fourth-order valence-corrected chi connectivity index (χ4v) is 2.64. The minimum absolute atomic E-state index is 0.163. The molecule has 0 N–H and O–H groups in total. The van der Waals surface area contributed by atoms with Crippen molar-refractivity contribution in [3.63, 3.8) is 0 Å². The van der Waals surface area contributed by atoms with E-state index in [1.807, 2.05) is 0 Å². The predicted octanol–water partition coefficient (Wildman–Crippen LogP) is 4.38. The lowest BCUT2D eigenvalue weighted by molar-refractivity contribution is 0.553. The SMILES string of the molecule is CC(C)c1cc(C(C)(C)C)nc2c1CCCC2. The third kappa shape index (κ3) is 2.53. The molecule has 0 unspecified atom stereocenters. The first-order valence-corrected chi connectivity index (χ1v) is 6.93. The fraction of sp³-hybridized carbons (Fsp3) is 0.688. The van der Waals surface area contributed by atoms with Crippen molar-refractivity contribution in [2.45, 2.75) is 71.6 Å². The van der Waals surface area contributed by atoms with E-state index in [0.29, 0.717) is 5.92 Å². The van der Waals surface area contributed by atoms with Crippen molar-refractivity contribution >= 4 is 0 Å². The van der Waals surface area contributed by atoms with Crippen molar-refractivity contribution in [3.05, 3.63) is 28.6 Å². The molecule has 1 aromatic rings. The first-order chi connectivity index (χ1) is 7.89. The molecule has 0 radical (unpaired) electrons. The average molecular weight is 231 g/mol. The summed E-state index contributed by atoms with van der Waals surface area (Å²) in [6.07, 6.45) is 5.06. The summed E-state index contributed by atoms with van der Waals surface area (Å²) in [7, 11) is 0. The Labute approximate surface area is 106 Å². The molecule has 1 aliphatic rings. The van der Waals surface area contributed by atoms with Crippen LogP contribution in [0.15, 0.2) is 6.07 Å². The molecule has 2 rings (SSSR count). The zero-order valence-corrected chi connectivity index (χ0v) is 11.9. The number of nitrogens with zero attached hydrogens (tertiary/aromatic N) is 1. The van der Waals surface area contributed by atoms with Gasteiger partial charge >= 0.3 is 0 Å². The zero-order valence-electron chi connectivity index (χ0n) is 11.9. The van der Waals surface area contributed by atoms with Gasteiger partial charge in [0.05, 0.1) is 0 Å². The van der Waals surface area contributed by atoms with Crippen molar-refractivity contribution in [1.29, 1.82) is 0 Å². The molecule has 1 aliphatic carbocycles. The lowest BCUT2D eigenvalue weighted by Gasteiger charge is -2.26. The van der Waals surface area contributed by atoms with Gasteiger partial charge in [-0.1, -0.05) is 34.6 Å². The second kappa shape index (κ2) is 4.44. The van der Waals surface area contributed by atoms with E-state index in [-0.39, 0.29) is 5.41 Å². The molecule has 0 aliphatic heterocycles. The molecule has 0 saturated carbocycles. The van der Waals surface area contributed by atoms with Gasteiger partial charge in [-0.05, 0) is 48.8 Å². The largest absolute Gasteiger partial charge is 0.257 e.